The van der Waals surface area contributed by atoms with Gasteiger partial charge in [-0.1, -0.05) is 24.3 Å². The number of aromatic nitrogens is 3. The van der Waals surface area contributed by atoms with Crippen LogP contribution < -0.4 is 15.4 Å². The third kappa shape index (κ3) is 6.04. The molecule has 7 nitrogen and oxygen atoms in total. The molecule has 1 heterocycles. The molecule has 3 rings (SSSR count). The minimum Gasteiger partial charge on any atom is -0.497 e. The fraction of sp³-hybridized carbons (Fsp3) is 0.318. The predicted octanol–water partition coefficient (Wildman–Crippen LogP) is 2.75. The molecule has 0 spiro atoms. The second-order valence-corrected chi connectivity index (χ2v) is 6.89. The summed E-state index contributed by atoms with van der Waals surface area (Å²) in [5.74, 6) is 2.92. The number of guanidine groups is 1. The van der Waals surface area contributed by atoms with Crippen LogP contribution in [0, 0.1) is 12.7 Å². The maximum atomic E-state index is 13.1. The van der Waals surface area contributed by atoms with E-state index < -0.39 is 0 Å². The summed E-state index contributed by atoms with van der Waals surface area (Å²) in [6.07, 6.45) is 0.838. The summed E-state index contributed by atoms with van der Waals surface area (Å²) in [5, 5.41) is 14.9. The highest BCUT2D eigenvalue weighted by Gasteiger charge is 2.06. The van der Waals surface area contributed by atoms with Gasteiger partial charge in [-0.25, -0.2) is 9.38 Å². The van der Waals surface area contributed by atoms with E-state index >= 15 is 0 Å². The molecule has 0 saturated carbocycles. The van der Waals surface area contributed by atoms with Gasteiger partial charge in [-0.15, -0.1) is 10.2 Å². The molecule has 0 aliphatic carbocycles. The molecule has 0 aliphatic heterocycles. The Bertz CT molecular complexity index is 966. The number of methoxy groups -OCH3 is 1. The van der Waals surface area contributed by atoms with Crippen molar-refractivity contribution < 1.29 is 9.13 Å². The highest BCUT2D eigenvalue weighted by atomic mass is 19.1. The van der Waals surface area contributed by atoms with E-state index in [-0.39, 0.29) is 5.82 Å². The summed E-state index contributed by atoms with van der Waals surface area (Å²) in [6.45, 7) is 3.55. The Morgan fingerprint density at radius 2 is 1.73 bits per heavy atom. The second-order valence-electron chi connectivity index (χ2n) is 6.89. The van der Waals surface area contributed by atoms with Gasteiger partial charge in [0.15, 0.2) is 11.8 Å². The van der Waals surface area contributed by atoms with Gasteiger partial charge in [0.05, 0.1) is 20.2 Å². The largest absolute Gasteiger partial charge is 0.497 e. The van der Waals surface area contributed by atoms with Gasteiger partial charge >= 0.3 is 0 Å². The number of ether oxygens (including phenoxy) is 1. The first-order valence-corrected chi connectivity index (χ1v) is 9.79. The molecule has 0 fully saturated rings. The summed E-state index contributed by atoms with van der Waals surface area (Å²) in [4.78, 5) is 4.63. The number of nitrogens with zero attached hydrogens (tertiary/aromatic N) is 4. The fourth-order valence-electron chi connectivity index (χ4n) is 2.82. The first kappa shape index (κ1) is 21.3. The highest BCUT2D eigenvalue weighted by Crippen LogP contribution is 2.11. The van der Waals surface area contributed by atoms with Crippen LogP contribution in [0.5, 0.6) is 5.75 Å². The summed E-state index contributed by atoms with van der Waals surface area (Å²) in [5.41, 5.74) is 2.13. The molecule has 0 radical (unpaired) electrons. The van der Waals surface area contributed by atoms with E-state index in [4.69, 9.17) is 4.74 Å². The predicted molar refractivity (Wildman–Crippen MR) is 115 cm³/mol. The zero-order chi connectivity index (χ0) is 21.3. The Balaban J connectivity index is 1.61. The topological polar surface area (TPSA) is 76.4 Å². The molecule has 0 bridgehead atoms. The SMILES string of the molecule is COc1ccc(CCNC(=NCc2ccc(F)cc2)NCc2nnc(C)n2C)cc1. The van der Waals surface area contributed by atoms with Gasteiger partial charge in [-0.2, -0.15) is 0 Å². The molecular formula is C22H27FN6O. The molecule has 0 saturated heterocycles. The van der Waals surface area contributed by atoms with Crippen molar-refractivity contribution in [2.24, 2.45) is 12.0 Å². The van der Waals surface area contributed by atoms with Crippen LogP contribution in [0.25, 0.3) is 0 Å². The van der Waals surface area contributed by atoms with Crippen LogP contribution in [-0.4, -0.2) is 34.4 Å². The van der Waals surface area contributed by atoms with E-state index in [9.17, 15) is 4.39 Å². The minimum absolute atomic E-state index is 0.253. The number of aliphatic imine (C=N–C) groups is 1. The zero-order valence-electron chi connectivity index (χ0n) is 17.5. The third-order valence-electron chi connectivity index (χ3n) is 4.79. The van der Waals surface area contributed by atoms with Crippen molar-refractivity contribution in [2.75, 3.05) is 13.7 Å². The van der Waals surface area contributed by atoms with E-state index in [1.807, 2.05) is 42.8 Å². The van der Waals surface area contributed by atoms with Crippen molar-refractivity contribution in [1.29, 1.82) is 0 Å². The highest BCUT2D eigenvalue weighted by molar-refractivity contribution is 5.79. The molecule has 158 valence electrons. The summed E-state index contributed by atoms with van der Waals surface area (Å²) >= 11 is 0. The Hall–Kier alpha value is -3.42. The summed E-state index contributed by atoms with van der Waals surface area (Å²) in [6, 6.07) is 14.4. The number of aryl methyl sites for hydroxylation is 1. The van der Waals surface area contributed by atoms with E-state index in [0.717, 1.165) is 29.4 Å². The lowest BCUT2D eigenvalue weighted by Crippen LogP contribution is -2.38. The fourth-order valence-corrected chi connectivity index (χ4v) is 2.82. The van der Waals surface area contributed by atoms with E-state index in [1.54, 1.807) is 19.2 Å². The molecule has 2 N–H and O–H groups in total. The van der Waals surface area contributed by atoms with Gasteiger partial charge in [-0.05, 0) is 48.7 Å². The summed E-state index contributed by atoms with van der Waals surface area (Å²) < 4.78 is 20.3. The van der Waals surface area contributed by atoms with E-state index in [0.29, 0.717) is 25.6 Å². The third-order valence-corrected chi connectivity index (χ3v) is 4.79. The van der Waals surface area contributed by atoms with Crippen LogP contribution in [-0.2, 0) is 26.6 Å². The van der Waals surface area contributed by atoms with Crippen LogP contribution in [0.3, 0.4) is 0 Å². The molecule has 0 atom stereocenters. The number of benzene rings is 2. The van der Waals surface area contributed by atoms with Crippen LogP contribution in [0.4, 0.5) is 4.39 Å². The first-order valence-electron chi connectivity index (χ1n) is 9.79. The molecule has 8 heteroatoms. The van der Waals surface area contributed by atoms with Gasteiger partial charge in [0.2, 0.25) is 0 Å². The Morgan fingerprint density at radius 3 is 2.37 bits per heavy atom. The molecule has 1 aromatic heterocycles. The van der Waals surface area contributed by atoms with Crippen molar-refractivity contribution in [3.8, 4) is 5.75 Å². The lowest BCUT2D eigenvalue weighted by molar-refractivity contribution is 0.414. The zero-order valence-corrected chi connectivity index (χ0v) is 17.5. The molecule has 3 aromatic rings. The van der Waals surface area contributed by atoms with Crippen LogP contribution in [0.2, 0.25) is 0 Å². The summed E-state index contributed by atoms with van der Waals surface area (Å²) in [7, 11) is 3.59. The van der Waals surface area contributed by atoms with Gasteiger partial charge in [-0.3, -0.25) is 0 Å². The number of nitrogens with one attached hydrogen (secondary N) is 2. The minimum atomic E-state index is -0.253. The van der Waals surface area contributed by atoms with Gasteiger partial charge in [0.1, 0.15) is 17.4 Å². The van der Waals surface area contributed by atoms with Crippen molar-refractivity contribution in [1.82, 2.24) is 25.4 Å². The van der Waals surface area contributed by atoms with E-state index in [2.05, 4.69) is 25.8 Å². The average Bonchev–Trinajstić information content (AvgIpc) is 3.09. The van der Waals surface area contributed by atoms with Crippen LogP contribution in [0.1, 0.15) is 22.8 Å². The van der Waals surface area contributed by atoms with Crippen LogP contribution in [0.15, 0.2) is 53.5 Å². The van der Waals surface area contributed by atoms with E-state index in [1.165, 1.54) is 17.7 Å². The molecule has 0 unspecified atom stereocenters. The van der Waals surface area contributed by atoms with Crippen molar-refractivity contribution in [2.45, 2.75) is 26.4 Å². The monoisotopic (exact) mass is 410 g/mol. The van der Waals surface area contributed by atoms with Crippen LogP contribution >= 0.6 is 0 Å². The molecule has 30 heavy (non-hydrogen) atoms. The van der Waals surface area contributed by atoms with Crippen molar-refractivity contribution in [3.05, 3.63) is 77.1 Å². The lowest BCUT2D eigenvalue weighted by atomic mass is 10.1. The molecule has 2 aromatic carbocycles. The second kappa shape index (κ2) is 10.4. The standard InChI is InChI=1S/C22H27FN6O/c1-16-27-28-21(29(16)2)15-26-22(25-14-18-4-8-19(23)9-5-18)24-13-12-17-6-10-20(30-3)11-7-17/h4-11H,12-15H2,1-3H3,(H2,24,25,26). The van der Waals surface area contributed by atoms with Gasteiger partial charge in [0.25, 0.3) is 0 Å². The van der Waals surface area contributed by atoms with Gasteiger partial charge in [0, 0.05) is 13.6 Å². The maximum absolute atomic E-state index is 13.1. The lowest BCUT2D eigenvalue weighted by Gasteiger charge is -2.13. The average molecular weight is 410 g/mol. The Labute approximate surface area is 176 Å². The number of rotatable bonds is 8. The number of hydrogen-bond donors (Lipinski definition) is 2. The smallest absolute Gasteiger partial charge is 0.191 e. The molecule has 0 amide bonds. The Morgan fingerprint density at radius 1 is 1.03 bits per heavy atom. The first-order chi connectivity index (χ1) is 14.5. The molecular weight excluding hydrogens is 383 g/mol. The van der Waals surface area contributed by atoms with Gasteiger partial charge < -0.3 is 19.9 Å². The number of halogens is 1. The quantitative estimate of drug-likeness (QED) is 0.441. The normalized spacial score (nSPS) is 11.4. The Kier molecular flexibility index (Phi) is 7.37. The molecule has 0 aliphatic rings. The number of hydrogen-bond acceptors (Lipinski definition) is 4. The van der Waals surface area contributed by atoms with Crippen molar-refractivity contribution >= 4 is 5.96 Å². The van der Waals surface area contributed by atoms with Crippen molar-refractivity contribution in [3.63, 3.8) is 0 Å². The maximum Gasteiger partial charge on any atom is 0.191 e.